The molecule has 1 heterocycles. The Morgan fingerprint density at radius 2 is 1.60 bits per heavy atom. The molecule has 3 atom stereocenters. The summed E-state index contributed by atoms with van der Waals surface area (Å²) in [6, 6.07) is 24.0. The number of carbonyl (C=O) groups excluding carboxylic acids is 2. The van der Waals surface area contributed by atoms with E-state index in [2.05, 4.69) is 22.8 Å². The van der Waals surface area contributed by atoms with Crippen molar-refractivity contribution in [3.8, 4) is 11.1 Å². The molecule has 40 heavy (non-hydrogen) atoms. The van der Waals surface area contributed by atoms with Crippen molar-refractivity contribution in [1.29, 1.82) is 0 Å². The minimum Gasteiger partial charge on any atom is -0.480 e. The lowest BCUT2D eigenvalue weighted by molar-refractivity contribution is -0.144. The van der Waals surface area contributed by atoms with Gasteiger partial charge in [-0.1, -0.05) is 78.9 Å². The zero-order valence-electron chi connectivity index (χ0n) is 22.3. The number of amides is 2. The van der Waals surface area contributed by atoms with Gasteiger partial charge in [0.1, 0.15) is 12.6 Å². The maximum Gasteiger partial charge on any atom is 0.407 e. The van der Waals surface area contributed by atoms with Gasteiger partial charge in [0.2, 0.25) is 0 Å². The second kappa shape index (κ2) is 12.3. The molecule has 0 aromatic heterocycles. The van der Waals surface area contributed by atoms with Gasteiger partial charge < -0.3 is 25.2 Å². The summed E-state index contributed by atoms with van der Waals surface area (Å²) < 4.78 is 11.2. The van der Waals surface area contributed by atoms with Crippen molar-refractivity contribution in [2.45, 2.75) is 37.1 Å². The summed E-state index contributed by atoms with van der Waals surface area (Å²) in [5.41, 5.74) is 5.52. The van der Waals surface area contributed by atoms with E-state index in [1.54, 1.807) is 7.05 Å². The van der Waals surface area contributed by atoms with Crippen LogP contribution >= 0.6 is 0 Å². The second-order valence-electron chi connectivity index (χ2n) is 10.2. The average molecular weight is 544 g/mol. The van der Waals surface area contributed by atoms with E-state index in [0.29, 0.717) is 13.0 Å². The largest absolute Gasteiger partial charge is 0.480 e. The number of nitrogens with zero attached hydrogens (tertiary/aromatic N) is 1. The van der Waals surface area contributed by atoms with Crippen LogP contribution in [0.2, 0.25) is 0 Å². The number of aliphatic carboxylic acids is 1. The molecule has 0 bridgehead atoms. The number of likely N-dealkylation sites (N-methyl/N-ethyl adjacent to an activating group) is 1. The Kier molecular flexibility index (Phi) is 8.42. The molecule has 3 N–H and O–H groups in total. The molecule has 0 saturated carbocycles. The first-order valence-electron chi connectivity index (χ1n) is 13.4. The molecule has 5 rings (SSSR count). The number of benzene rings is 3. The van der Waals surface area contributed by atoms with Gasteiger partial charge in [-0.3, -0.25) is 9.69 Å². The molecule has 0 radical (unpaired) electrons. The number of alkyl carbamates (subject to hydrolysis) is 1. The standard InChI is InChI=1S/C31H33N3O6/c1-34(17-20-9-3-2-4-10-20)18-27(30(36)37)32-29(35)28-26(15-16-39-28)33-31(38)40-19-25-23-13-7-5-11-21(23)22-12-6-8-14-24(22)25/h2-14,25-28H,15-19H2,1H3,(H,32,35)(H,33,38)(H,36,37)/t26-,27?,28+/m0/s1. The van der Waals surface area contributed by atoms with Gasteiger partial charge in [-0.25, -0.2) is 9.59 Å². The van der Waals surface area contributed by atoms with Gasteiger partial charge in [0, 0.05) is 25.6 Å². The van der Waals surface area contributed by atoms with Gasteiger partial charge in [0.25, 0.3) is 5.91 Å². The van der Waals surface area contributed by atoms with Crippen LogP contribution in [0.1, 0.15) is 29.0 Å². The molecular weight excluding hydrogens is 510 g/mol. The summed E-state index contributed by atoms with van der Waals surface area (Å²) in [7, 11) is 1.79. The summed E-state index contributed by atoms with van der Waals surface area (Å²) in [6.07, 6.45) is -1.25. The molecular formula is C31H33N3O6. The molecule has 0 spiro atoms. The third-order valence-corrected chi connectivity index (χ3v) is 7.40. The number of nitrogens with one attached hydrogen (secondary N) is 2. The first kappa shape index (κ1) is 27.4. The van der Waals surface area contributed by atoms with Gasteiger partial charge in [0.15, 0.2) is 6.10 Å². The van der Waals surface area contributed by atoms with E-state index in [-0.39, 0.29) is 25.7 Å². The quantitative estimate of drug-likeness (QED) is 0.359. The lowest BCUT2D eigenvalue weighted by Crippen LogP contribution is -2.54. The van der Waals surface area contributed by atoms with E-state index in [1.807, 2.05) is 71.6 Å². The zero-order chi connectivity index (χ0) is 28.1. The van der Waals surface area contributed by atoms with Crippen LogP contribution in [0.15, 0.2) is 78.9 Å². The summed E-state index contributed by atoms with van der Waals surface area (Å²) in [4.78, 5) is 39.5. The van der Waals surface area contributed by atoms with Crippen LogP contribution in [-0.2, 0) is 25.6 Å². The van der Waals surface area contributed by atoms with Crippen molar-refractivity contribution in [1.82, 2.24) is 15.5 Å². The molecule has 1 aliphatic carbocycles. The summed E-state index contributed by atoms with van der Waals surface area (Å²) in [5.74, 6) is -1.81. The van der Waals surface area contributed by atoms with E-state index in [1.165, 1.54) is 0 Å². The van der Waals surface area contributed by atoms with E-state index >= 15 is 0 Å². The predicted molar refractivity (Wildman–Crippen MR) is 149 cm³/mol. The molecule has 1 saturated heterocycles. The van der Waals surface area contributed by atoms with Gasteiger partial charge in [0.05, 0.1) is 6.04 Å². The number of carbonyl (C=O) groups is 3. The van der Waals surface area contributed by atoms with Crippen LogP contribution in [-0.4, -0.2) is 73.0 Å². The van der Waals surface area contributed by atoms with Crippen molar-refractivity contribution in [3.05, 3.63) is 95.6 Å². The van der Waals surface area contributed by atoms with E-state index in [9.17, 15) is 19.5 Å². The number of fused-ring (bicyclic) bond motifs is 3. The molecule has 3 aromatic rings. The molecule has 1 unspecified atom stereocenters. The van der Waals surface area contributed by atoms with Crippen molar-refractivity contribution in [2.75, 3.05) is 26.8 Å². The van der Waals surface area contributed by atoms with Crippen LogP contribution in [0.25, 0.3) is 11.1 Å². The molecule has 9 heteroatoms. The normalized spacial score (nSPS) is 18.6. The highest BCUT2D eigenvalue weighted by molar-refractivity contribution is 5.87. The van der Waals surface area contributed by atoms with Gasteiger partial charge >= 0.3 is 12.1 Å². The maximum atomic E-state index is 13.0. The Morgan fingerprint density at radius 3 is 2.25 bits per heavy atom. The smallest absolute Gasteiger partial charge is 0.407 e. The highest BCUT2D eigenvalue weighted by atomic mass is 16.6. The summed E-state index contributed by atoms with van der Waals surface area (Å²) in [6.45, 7) is 1.05. The summed E-state index contributed by atoms with van der Waals surface area (Å²) >= 11 is 0. The average Bonchev–Trinajstić information content (AvgIpc) is 3.54. The number of hydrogen-bond acceptors (Lipinski definition) is 6. The molecule has 2 aliphatic rings. The fourth-order valence-corrected chi connectivity index (χ4v) is 5.50. The van der Waals surface area contributed by atoms with Crippen LogP contribution in [0, 0.1) is 0 Å². The Morgan fingerprint density at radius 1 is 0.975 bits per heavy atom. The van der Waals surface area contributed by atoms with E-state index in [0.717, 1.165) is 27.8 Å². The van der Waals surface area contributed by atoms with E-state index in [4.69, 9.17) is 9.47 Å². The maximum absolute atomic E-state index is 13.0. The molecule has 2 amide bonds. The lowest BCUT2D eigenvalue weighted by Gasteiger charge is -2.25. The van der Waals surface area contributed by atoms with Crippen molar-refractivity contribution in [3.63, 3.8) is 0 Å². The van der Waals surface area contributed by atoms with Crippen LogP contribution in [0.5, 0.6) is 0 Å². The first-order chi connectivity index (χ1) is 19.4. The zero-order valence-corrected chi connectivity index (χ0v) is 22.3. The fraction of sp³-hybridized carbons (Fsp3) is 0.323. The molecule has 9 nitrogen and oxygen atoms in total. The SMILES string of the molecule is CN(Cc1ccccc1)CC(NC(=O)[C@@H]1OCC[C@@H]1NC(=O)OCC1c2ccccc2-c2ccccc21)C(=O)O. The highest BCUT2D eigenvalue weighted by Gasteiger charge is 2.38. The molecule has 1 fully saturated rings. The lowest BCUT2D eigenvalue weighted by atomic mass is 9.98. The van der Waals surface area contributed by atoms with Crippen molar-refractivity contribution >= 4 is 18.0 Å². The summed E-state index contributed by atoms with van der Waals surface area (Å²) in [5, 5.41) is 15.1. The third kappa shape index (κ3) is 6.16. The monoisotopic (exact) mass is 543 g/mol. The van der Waals surface area contributed by atoms with Gasteiger partial charge in [-0.05, 0) is 41.3 Å². The van der Waals surface area contributed by atoms with Crippen LogP contribution in [0.4, 0.5) is 4.79 Å². The third-order valence-electron chi connectivity index (χ3n) is 7.40. The Labute approximate surface area is 233 Å². The molecule has 208 valence electrons. The topological polar surface area (TPSA) is 117 Å². The number of rotatable bonds is 10. The minimum atomic E-state index is -1.15. The fourth-order valence-electron chi connectivity index (χ4n) is 5.50. The van der Waals surface area contributed by atoms with Gasteiger partial charge in [-0.15, -0.1) is 0 Å². The molecule has 3 aromatic carbocycles. The Bertz CT molecular complexity index is 1320. The van der Waals surface area contributed by atoms with Crippen molar-refractivity contribution in [2.24, 2.45) is 0 Å². The van der Waals surface area contributed by atoms with E-state index < -0.39 is 36.2 Å². The van der Waals surface area contributed by atoms with Crippen LogP contribution in [0.3, 0.4) is 0 Å². The Balaban J connectivity index is 1.15. The van der Waals surface area contributed by atoms with Crippen molar-refractivity contribution < 1.29 is 29.0 Å². The number of hydrogen-bond donors (Lipinski definition) is 3. The number of ether oxygens (including phenoxy) is 2. The number of carboxylic acids is 1. The second-order valence-corrected chi connectivity index (χ2v) is 10.2. The number of carboxylic acid groups (broad SMARTS) is 1. The predicted octanol–water partition coefficient (Wildman–Crippen LogP) is 3.38. The Hall–Kier alpha value is -4.21. The highest BCUT2D eigenvalue weighted by Crippen LogP contribution is 2.44. The minimum absolute atomic E-state index is 0.0822. The van der Waals surface area contributed by atoms with Crippen LogP contribution < -0.4 is 10.6 Å². The molecule has 1 aliphatic heterocycles. The first-order valence-corrected chi connectivity index (χ1v) is 13.4. The van der Waals surface area contributed by atoms with Gasteiger partial charge in [-0.2, -0.15) is 0 Å².